The summed E-state index contributed by atoms with van der Waals surface area (Å²) in [5.41, 5.74) is 2.31. The first-order valence-corrected chi connectivity index (χ1v) is 9.85. The highest BCUT2D eigenvalue weighted by Crippen LogP contribution is 2.22. The van der Waals surface area contributed by atoms with E-state index in [9.17, 15) is 22.8 Å². The zero-order valence-electron chi connectivity index (χ0n) is 18.6. The Morgan fingerprint density at radius 3 is 2.06 bits per heavy atom. The fourth-order valence-electron chi connectivity index (χ4n) is 2.79. The molecule has 2 aromatic heterocycles. The Morgan fingerprint density at radius 2 is 1.56 bits per heavy atom. The first kappa shape index (κ1) is 26.1. The number of hydrogen-bond donors (Lipinski definition) is 4. The molecule has 3 rings (SSSR count). The molecular formula is C23H23F3N4O4. The maximum absolute atomic E-state index is 12.5. The van der Waals surface area contributed by atoms with Crippen LogP contribution in [0.15, 0.2) is 46.8 Å². The third-order valence-corrected chi connectivity index (χ3v) is 4.39. The third kappa shape index (κ3) is 6.92. The topological polar surface area (TPSA) is 132 Å². The van der Waals surface area contributed by atoms with Gasteiger partial charge in [0.25, 0.3) is 11.1 Å². The molecule has 0 aliphatic heterocycles. The summed E-state index contributed by atoms with van der Waals surface area (Å²) >= 11 is 0. The number of aromatic amines is 3. The summed E-state index contributed by atoms with van der Waals surface area (Å²) in [6.07, 6.45) is 1.43. The van der Waals surface area contributed by atoms with E-state index in [1.165, 1.54) is 0 Å². The van der Waals surface area contributed by atoms with Crippen LogP contribution in [-0.4, -0.2) is 37.2 Å². The van der Waals surface area contributed by atoms with E-state index in [0.717, 1.165) is 16.8 Å². The van der Waals surface area contributed by atoms with Crippen LogP contribution in [0.5, 0.6) is 0 Å². The molecule has 0 bridgehead atoms. The molecule has 0 saturated carbocycles. The van der Waals surface area contributed by atoms with Gasteiger partial charge in [-0.3, -0.25) is 9.59 Å². The van der Waals surface area contributed by atoms with Crippen molar-refractivity contribution in [2.24, 2.45) is 0 Å². The number of imidazole rings is 1. The average Bonchev–Trinajstić information content (AvgIpc) is 3.20. The van der Waals surface area contributed by atoms with Gasteiger partial charge in [-0.2, -0.15) is 13.2 Å². The molecule has 4 N–H and O–H groups in total. The molecule has 0 radical (unpaired) electrons. The molecule has 0 amide bonds. The van der Waals surface area contributed by atoms with Gasteiger partial charge in [-0.25, -0.2) is 9.78 Å². The molecular weight excluding hydrogens is 453 g/mol. The highest BCUT2D eigenvalue weighted by molar-refractivity contribution is 5.73. The standard InChI is InChI=1S/C21H22N4O2.C2HF3O2/c1-5-13-7-6-8-14(9-13)10-16-19(26)25-17(20(27)24-16)11-15-18(21(2,3)4)23-12-22-15;3-2(4,5)1(6)7/h5-12H,1H2,2-4H3,(H,22,23)(H,24,27)(H,25,26);(H,6,7)/b16-10-,17-11-;. The number of carbonyl (C=O) groups is 1. The van der Waals surface area contributed by atoms with Crippen molar-refractivity contribution in [1.82, 2.24) is 19.9 Å². The van der Waals surface area contributed by atoms with E-state index in [-0.39, 0.29) is 27.2 Å². The van der Waals surface area contributed by atoms with Gasteiger partial charge in [0.1, 0.15) is 10.7 Å². The van der Waals surface area contributed by atoms with Crippen LogP contribution >= 0.6 is 0 Å². The summed E-state index contributed by atoms with van der Waals surface area (Å²) in [6.45, 7) is 9.86. The Hall–Kier alpha value is -4.15. The van der Waals surface area contributed by atoms with Gasteiger partial charge in [0.15, 0.2) is 0 Å². The van der Waals surface area contributed by atoms with Crippen LogP contribution in [0.25, 0.3) is 18.2 Å². The van der Waals surface area contributed by atoms with E-state index in [1.54, 1.807) is 24.6 Å². The first-order chi connectivity index (χ1) is 15.7. The zero-order chi connectivity index (χ0) is 25.7. The molecule has 2 heterocycles. The number of halogens is 3. The van der Waals surface area contributed by atoms with E-state index in [4.69, 9.17) is 9.90 Å². The molecule has 0 unspecified atom stereocenters. The number of nitrogens with zero attached hydrogens (tertiary/aromatic N) is 1. The highest BCUT2D eigenvalue weighted by Gasteiger charge is 2.38. The third-order valence-electron chi connectivity index (χ3n) is 4.39. The van der Waals surface area contributed by atoms with E-state index < -0.39 is 12.1 Å². The number of nitrogens with one attached hydrogen (secondary N) is 3. The summed E-state index contributed by atoms with van der Waals surface area (Å²) in [6, 6.07) is 7.50. The van der Waals surface area contributed by atoms with Crippen molar-refractivity contribution in [2.45, 2.75) is 32.4 Å². The highest BCUT2D eigenvalue weighted by atomic mass is 19.4. The van der Waals surface area contributed by atoms with E-state index >= 15 is 0 Å². The van der Waals surface area contributed by atoms with Crippen LogP contribution in [-0.2, 0) is 10.2 Å². The van der Waals surface area contributed by atoms with Crippen LogP contribution in [0.1, 0.15) is 43.3 Å². The van der Waals surface area contributed by atoms with Crippen LogP contribution in [0, 0.1) is 0 Å². The second kappa shape index (κ2) is 10.2. The number of rotatable bonds is 3. The number of benzene rings is 1. The molecule has 8 nitrogen and oxygen atoms in total. The van der Waals surface area contributed by atoms with Gasteiger partial charge in [-0.1, -0.05) is 51.6 Å². The number of carboxylic acid groups (broad SMARTS) is 1. The van der Waals surface area contributed by atoms with Crippen LogP contribution in [0.3, 0.4) is 0 Å². The minimum atomic E-state index is -5.08. The molecule has 0 aliphatic carbocycles. The SMILES string of the molecule is C=Cc1cccc(/C=c2\[nH]c(=O)/c(=C/c3nc[nH]c3C(C)(C)C)[nH]c2=O)c1.O=C(O)C(F)(F)F. The summed E-state index contributed by atoms with van der Waals surface area (Å²) in [4.78, 5) is 46.4. The Kier molecular flexibility index (Phi) is 7.83. The lowest BCUT2D eigenvalue weighted by Gasteiger charge is -2.16. The van der Waals surface area contributed by atoms with Gasteiger partial charge < -0.3 is 20.1 Å². The van der Waals surface area contributed by atoms with Crippen molar-refractivity contribution in [1.29, 1.82) is 0 Å². The number of aromatic nitrogens is 4. The fraction of sp³-hybridized carbons (Fsp3) is 0.217. The van der Waals surface area contributed by atoms with Gasteiger partial charge in [0.2, 0.25) is 0 Å². The number of carboxylic acids is 1. The van der Waals surface area contributed by atoms with Crippen molar-refractivity contribution in [2.75, 3.05) is 0 Å². The number of hydrogen-bond acceptors (Lipinski definition) is 4. The predicted molar refractivity (Wildman–Crippen MR) is 122 cm³/mol. The maximum Gasteiger partial charge on any atom is 0.490 e. The Morgan fingerprint density at radius 1 is 1.03 bits per heavy atom. The lowest BCUT2D eigenvalue weighted by atomic mass is 9.90. The molecule has 0 spiro atoms. The lowest BCUT2D eigenvalue weighted by Crippen LogP contribution is -2.46. The van der Waals surface area contributed by atoms with Crippen LogP contribution in [0.2, 0.25) is 0 Å². The molecule has 0 saturated heterocycles. The summed E-state index contributed by atoms with van der Waals surface area (Å²) in [5.74, 6) is -2.76. The summed E-state index contributed by atoms with van der Waals surface area (Å²) in [5, 5.41) is 7.48. The zero-order valence-corrected chi connectivity index (χ0v) is 18.6. The van der Waals surface area contributed by atoms with Gasteiger partial charge in [0, 0.05) is 11.1 Å². The predicted octanol–water partition coefficient (Wildman–Crippen LogP) is 2.02. The largest absolute Gasteiger partial charge is 0.490 e. The lowest BCUT2D eigenvalue weighted by molar-refractivity contribution is -0.192. The number of aliphatic carboxylic acids is 1. The van der Waals surface area contributed by atoms with Crippen molar-refractivity contribution in [3.63, 3.8) is 0 Å². The second-order valence-electron chi connectivity index (χ2n) is 8.11. The molecule has 180 valence electrons. The minimum Gasteiger partial charge on any atom is -0.475 e. The second-order valence-corrected chi connectivity index (χ2v) is 8.11. The number of H-pyrrole nitrogens is 3. The van der Waals surface area contributed by atoms with Crippen molar-refractivity contribution < 1.29 is 23.1 Å². The first-order valence-electron chi connectivity index (χ1n) is 9.85. The molecule has 0 aliphatic rings. The molecule has 11 heteroatoms. The van der Waals surface area contributed by atoms with Gasteiger partial charge in [-0.15, -0.1) is 0 Å². The summed E-state index contributed by atoms with van der Waals surface area (Å²) in [7, 11) is 0. The minimum absolute atomic E-state index is 0.162. The van der Waals surface area contributed by atoms with Gasteiger partial charge in [0.05, 0.1) is 12.0 Å². The Labute approximate surface area is 191 Å². The molecule has 34 heavy (non-hydrogen) atoms. The fourth-order valence-corrected chi connectivity index (χ4v) is 2.79. The number of alkyl halides is 3. The van der Waals surface area contributed by atoms with Crippen LogP contribution < -0.4 is 21.8 Å². The Bertz CT molecular complexity index is 1420. The van der Waals surface area contributed by atoms with Crippen LogP contribution in [0.4, 0.5) is 13.2 Å². The normalized spacial score (nSPS) is 12.8. The Balaban J connectivity index is 0.000000509. The monoisotopic (exact) mass is 476 g/mol. The van der Waals surface area contributed by atoms with Crippen molar-refractivity contribution in [3.05, 3.63) is 91.1 Å². The maximum atomic E-state index is 12.5. The molecule has 3 aromatic rings. The van der Waals surface area contributed by atoms with E-state index in [0.29, 0.717) is 5.69 Å². The van der Waals surface area contributed by atoms with Crippen molar-refractivity contribution >= 4 is 24.2 Å². The van der Waals surface area contributed by atoms with Gasteiger partial charge in [-0.05, 0) is 29.3 Å². The molecule has 0 fully saturated rings. The van der Waals surface area contributed by atoms with E-state index in [2.05, 4.69) is 26.5 Å². The van der Waals surface area contributed by atoms with Crippen molar-refractivity contribution in [3.8, 4) is 0 Å². The quantitative estimate of drug-likeness (QED) is 0.459. The molecule has 1 aromatic carbocycles. The molecule has 0 atom stereocenters. The van der Waals surface area contributed by atoms with E-state index in [1.807, 2.05) is 45.0 Å². The summed E-state index contributed by atoms with van der Waals surface area (Å²) < 4.78 is 31.7. The average molecular weight is 476 g/mol. The van der Waals surface area contributed by atoms with Gasteiger partial charge >= 0.3 is 12.1 Å². The smallest absolute Gasteiger partial charge is 0.475 e.